The Morgan fingerprint density at radius 3 is 2.56 bits per heavy atom. The number of carbonyl (C=O) groups excluding carboxylic acids is 1. The first-order chi connectivity index (χ1) is 8.84. The summed E-state index contributed by atoms with van der Waals surface area (Å²) in [5, 5.41) is 0. The predicted octanol–water partition coefficient (Wildman–Crippen LogP) is 3.22. The van der Waals surface area contributed by atoms with Crippen LogP contribution in [0.2, 0.25) is 0 Å². The van der Waals surface area contributed by atoms with Gasteiger partial charge in [-0.1, -0.05) is 18.2 Å². The maximum absolute atomic E-state index is 12.3. The predicted molar refractivity (Wildman–Crippen MR) is 69.1 cm³/mol. The molecule has 18 heavy (non-hydrogen) atoms. The Kier molecular flexibility index (Phi) is 2.89. The van der Waals surface area contributed by atoms with Crippen molar-refractivity contribution in [2.75, 3.05) is 4.90 Å². The van der Waals surface area contributed by atoms with Crippen LogP contribution in [0, 0.1) is 5.92 Å². The molecular weight excluding hydrogens is 226 g/mol. The second-order valence-corrected chi connectivity index (χ2v) is 4.61. The van der Waals surface area contributed by atoms with Crippen LogP contribution in [0.5, 0.6) is 0 Å². The Bertz CT molecular complexity index is 515. The van der Waals surface area contributed by atoms with Gasteiger partial charge in [-0.25, -0.2) is 0 Å². The summed E-state index contributed by atoms with van der Waals surface area (Å²) in [7, 11) is 0. The zero-order valence-electron chi connectivity index (χ0n) is 10.1. The topological polar surface area (TPSA) is 33.5 Å². The van der Waals surface area contributed by atoms with E-state index in [1.807, 2.05) is 47.4 Å². The van der Waals surface area contributed by atoms with Crippen molar-refractivity contribution in [2.45, 2.75) is 19.4 Å². The van der Waals surface area contributed by atoms with E-state index < -0.39 is 0 Å². The standard InChI is InChI=1S/C15H15NO2/c17-15(12-8-9-12)16(11-14-7-4-10-18-14)13-5-2-1-3-6-13/h1-7,10,12H,8-9,11H2. The van der Waals surface area contributed by atoms with E-state index in [0.717, 1.165) is 24.3 Å². The molecule has 1 saturated carbocycles. The van der Waals surface area contributed by atoms with Crippen molar-refractivity contribution >= 4 is 11.6 Å². The van der Waals surface area contributed by atoms with E-state index >= 15 is 0 Å². The van der Waals surface area contributed by atoms with Gasteiger partial charge in [0.1, 0.15) is 5.76 Å². The molecule has 3 rings (SSSR count). The molecule has 1 aromatic carbocycles. The van der Waals surface area contributed by atoms with Gasteiger partial charge in [0.05, 0.1) is 12.8 Å². The second kappa shape index (κ2) is 4.69. The molecule has 1 heterocycles. The lowest BCUT2D eigenvalue weighted by Gasteiger charge is -2.21. The average Bonchev–Trinajstić information content (AvgIpc) is 3.14. The Morgan fingerprint density at radius 2 is 1.94 bits per heavy atom. The van der Waals surface area contributed by atoms with E-state index in [-0.39, 0.29) is 11.8 Å². The number of hydrogen-bond donors (Lipinski definition) is 0. The molecule has 0 N–H and O–H groups in total. The van der Waals surface area contributed by atoms with Gasteiger partial charge in [0.2, 0.25) is 5.91 Å². The van der Waals surface area contributed by atoms with Crippen LogP contribution in [0.15, 0.2) is 53.1 Å². The molecule has 1 amide bonds. The average molecular weight is 241 g/mol. The van der Waals surface area contributed by atoms with Crippen molar-refractivity contribution in [3.63, 3.8) is 0 Å². The van der Waals surface area contributed by atoms with Crippen molar-refractivity contribution in [3.05, 3.63) is 54.5 Å². The SMILES string of the molecule is O=C(C1CC1)N(Cc1ccco1)c1ccccc1. The summed E-state index contributed by atoms with van der Waals surface area (Å²) in [6.07, 6.45) is 3.67. The highest BCUT2D eigenvalue weighted by molar-refractivity contribution is 5.96. The molecule has 3 nitrogen and oxygen atoms in total. The van der Waals surface area contributed by atoms with Crippen LogP contribution in [-0.2, 0) is 11.3 Å². The summed E-state index contributed by atoms with van der Waals surface area (Å²) >= 11 is 0. The third-order valence-corrected chi connectivity index (χ3v) is 3.15. The van der Waals surface area contributed by atoms with E-state index in [1.165, 1.54) is 0 Å². The normalized spacial score (nSPS) is 14.4. The Morgan fingerprint density at radius 1 is 1.17 bits per heavy atom. The Labute approximate surface area is 106 Å². The third-order valence-electron chi connectivity index (χ3n) is 3.15. The quantitative estimate of drug-likeness (QED) is 0.823. The molecule has 0 saturated heterocycles. The Hall–Kier alpha value is -2.03. The van der Waals surface area contributed by atoms with Crippen LogP contribution in [0.3, 0.4) is 0 Å². The van der Waals surface area contributed by atoms with E-state index in [2.05, 4.69) is 0 Å². The van der Waals surface area contributed by atoms with Crippen LogP contribution >= 0.6 is 0 Å². The smallest absolute Gasteiger partial charge is 0.230 e. The highest BCUT2D eigenvalue weighted by Gasteiger charge is 2.34. The summed E-state index contributed by atoms with van der Waals surface area (Å²) in [5.74, 6) is 1.23. The number of para-hydroxylation sites is 1. The molecular formula is C15H15NO2. The maximum atomic E-state index is 12.3. The lowest BCUT2D eigenvalue weighted by atomic mass is 10.2. The minimum atomic E-state index is 0.206. The van der Waals surface area contributed by atoms with Gasteiger partial charge in [-0.3, -0.25) is 4.79 Å². The monoisotopic (exact) mass is 241 g/mol. The molecule has 0 aliphatic heterocycles. The molecule has 0 spiro atoms. The largest absolute Gasteiger partial charge is 0.467 e. The van der Waals surface area contributed by atoms with Gasteiger partial charge < -0.3 is 9.32 Å². The van der Waals surface area contributed by atoms with Crippen molar-refractivity contribution < 1.29 is 9.21 Å². The summed E-state index contributed by atoms with van der Waals surface area (Å²) < 4.78 is 5.34. The van der Waals surface area contributed by atoms with Gasteiger partial charge in [0.25, 0.3) is 0 Å². The van der Waals surface area contributed by atoms with Crippen LogP contribution in [-0.4, -0.2) is 5.91 Å². The van der Waals surface area contributed by atoms with Crippen molar-refractivity contribution in [1.82, 2.24) is 0 Å². The molecule has 0 atom stereocenters. The van der Waals surface area contributed by atoms with Gasteiger partial charge in [0, 0.05) is 11.6 Å². The molecule has 0 unspecified atom stereocenters. The first-order valence-corrected chi connectivity index (χ1v) is 6.23. The van der Waals surface area contributed by atoms with Crippen molar-refractivity contribution in [2.24, 2.45) is 5.92 Å². The number of amides is 1. The highest BCUT2D eigenvalue weighted by atomic mass is 16.3. The van der Waals surface area contributed by atoms with E-state index in [9.17, 15) is 4.79 Å². The van der Waals surface area contributed by atoms with E-state index in [1.54, 1.807) is 6.26 Å². The molecule has 1 aliphatic carbocycles. The van der Waals surface area contributed by atoms with Crippen LogP contribution in [0.4, 0.5) is 5.69 Å². The lowest BCUT2D eigenvalue weighted by molar-refractivity contribution is -0.120. The first kappa shape index (κ1) is 11.1. The fourth-order valence-corrected chi connectivity index (χ4v) is 2.01. The summed E-state index contributed by atoms with van der Waals surface area (Å²) in [5.41, 5.74) is 0.936. The lowest BCUT2D eigenvalue weighted by Crippen LogP contribution is -2.31. The van der Waals surface area contributed by atoms with E-state index in [0.29, 0.717) is 6.54 Å². The molecule has 3 heteroatoms. The fourth-order valence-electron chi connectivity index (χ4n) is 2.01. The van der Waals surface area contributed by atoms with Gasteiger partial charge in [-0.05, 0) is 37.1 Å². The Balaban J connectivity index is 1.85. The third kappa shape index (κ3) is 2.30. The van der Waals surface area contributed by atoms with Gasteiger partial charge in [0.15, 0.2) is 0 Å². The van der Waals surface area contributed by atoms with Gasteiger partial charge >= 0.3 is 0 Å². The summed E-state index contributed by atoms with van der Waals surface area (Å²) in [6, 6.07) is 13.5. The van der Waals surface area contributed by atoms with Crippen LogP contribution in [0.1, 0.15) is 18.6 Å². The number of anilines is 1. The fraction of sp³-hybridized carbons (Fsp3) is 0.267. The molecule has 2 aromatic rings. The molecule has 1 aliphatic rings. The van der Waals surface area contributed by atoms with Crippen LogP contribution < -0.4 is 4.90 Å². The molecule has 1 fully saturated rings. The van der Waals surface area contributed by atoms with Crippen molar-refractivity contribution in [3.8, 4) is 0 Å². The zero-order chi connectivity index (χ0) is 12.4. The minimum Gasteiger partial charge on any atom is -0.467 e. The van der Waals surface area contributed by atoms with Gasteiger partial charge in [-0.2, -0.15) is 0 Å². The number of nitrogens with zero attached hydrogens (tertiary/aromatic N) is 1. The number of carbonyl (C=O) groups is 1. The maximum Gasteiger partial charge on any atom is 0.230 e. The number of furan rings is 1. The minimum absolute atomic E-state index is 0.206. The number of hydrogen-bond acceptors (Lipinski definition) is 2. The van der Waals surface area contributed by atoms with Gasteiger partial charge in [-0.15, -0.1) is 0 Å². The first-order valence-electron chi connectivity index (χ1n) is 6.23. The molecule has 1 aromatic heterocycles. The van der Waals surface area contributed by atoms with Crippen molar-refractivity contribution in [1.29, 1.82) is 0 Å². The zero-order valence-corrected chi connectivity index (χ0v) is 10.1. The second-order valence-electron chi connectivity index (χ2n) is 4.61. The number of benzene rings is 1. The molecule has 92 valence electrons. The highest BCUT2D eigenvalue weighted by Crippen LogP contribution is 2.33. The molecule has 0 bridgehead atoms. The van der Waals surface area contributed by atoms with E-state index in [4.69, 9.17) is 4.42 Å². The summed E-state index contributed by atoms with van der Waals surface area (Å²) in [4.78, 5) is 14.1. The number of rotatable bonds is 4. The van der Waals surface area contributed by atoms with Crippen LogP contribution in [0.25, 0.3) is 0 Å². The summed E-state index contributed by atoms with van der Waals surface area (Å²) in [6.45, 7) is 0.506. The molecule has 0 radical (unpaired) electrons.